The monoisotopic (exact) mass is 318 g/mol. The van der Waals surface area contributed by atoms with E-state index in [9.17, 15) is 5.26 Å². The third-order valence-corrected chi connectivity index (χ3v) is 3.94. The maximum absolute atomic E-state index is 9.48. The van der Waals surface area contributed by atoms with Crippen LogP contribution >= 0.6 is 0 Å². The summed E-state index contributed by atoms with van der Waals surface area (Å²) >= 11 is 0. The largest absolute Gasteiger partial charge is 0.497 e. The van der Waals surface area contributed by atoms with Gasteiger partial charge in [0.15, 0.2) is 0 Å². The molecule has 1 heterocycles. The van der Waals surface area contributed by atoms with Gasteiger partial charge in [-0.05, 0) is 24.6 Å². The van der Waals surface area contributed by atoms with Crippen LogP contribution in [0.3, 0.4) is 0 Å². The highest BCUT2D eigenvalue weighted by molar-refractivity contribution is 5.71. The first kappa shape index (κ1) is 15.7. The molecular weight excluding hydrogens is 300 g/mol. The minimum Gasteiger partial charge on any atom is -0.497 e. The van der Waals surface area contributed by atoms with Gasteiger partial charge in [-0.3, -0.25) is 0 Å². The number of nitrogen functional groups attached to an aromatic ring is 1. The molecule has 0 saturated heterocycles. The molecule has 4 heteroatoms. The first-order valence-electron chi connectivity index (χ1n) is 7.63. The van der Waals surface area contributed by atoms with Gasteiger partial charge in [-0.25, -0.2) is 0 Å². The van der Waals surface area contributed by atoms with E-state index in [1.54, 1.807) is 7.11 Å². The topological polar surface area (TPSA) is 72.2 Å². The lowest BCUT2D eigenvalue weighted by Crippen LogP contribution is -1.94. The van der Waals surface area contributed by atoms with Crippen molar-refractivity contribution in [1.82, 2.24) is 0 Å². The second kappa shape index (κ2) is 6.51. The molecule has 0 aliphatic carbocycles. The Balaban J connectivity index is 2.12. The van der Waals surface area contributed by atoms with Gasteiger partial charge in [-0.2, -0.15) is 5.26 Å². The average Bonchev–Trinajstić information content (AvgIpc) is 2.90. The van der Waals surface area contributed by atoms with E-state index in [1.165, 1.54) is 5.56 Å². The Hall–Kier alpha value is -3.19. The number of hydrogen-bond acceptors (Lipinski definition) is 4. The molecular formula is C20H18N2O2. The summed E-state index contributed by atoms with van der Waals surface area (Å²) in [6, 6.07) is 17.9. The predicted octanol–water partition coefficient (Wildman–Crippen LogP) is 4.31. The van der Waals surface area contributed by atoms with Crippen molar-refractivity contribution in [3.8, 4) is 23.1 Å². The van der Waals surface area contributed by atoms with Crippen molar-refractivity contribution in [2.24, 2.45) is 0 Å². The van der Waals surface area contributed by atoms with Crippen molar-refractivity contribution in [2.75, 3.05) is 12.8 Å². The maximum atomic E-state index is 9.48. The molecule has 4 nitrogen and oxygen atoms in total. The Bertz CT molecular complexity index is 920. The van der Waals surface area contributed by atoms with E-state index in [1.807, 2.05) is 49.4 Å². The number of benzene rings is 2. The van der Waals surface area contributed by atoms with Gasteiger partial charge < -0.3 is 14.9 Å². The molecule has 3 aromatic rings. The summed E-state index contributed by atoms with van der Waals surface area (Å²) in [4.78, 5) is 0. The molecule has 0 aliphatic rings. The molecule has 0 saturated carbocycles. The van der Waals surface area contributed by atoms with E-state index >= 15 is 0 Å². The molecule has 2 N–H and O–H groups in total. The van der Waals surface area contributed by atoms with Crippen molar-refractivity contribution in [2.45, 2.75) is 13.3 Å². The number of rotatable bonds is 4. The zero-order valence-corrected chi connectivity index (χ0v) is 13.7. The maximum Gasteiger partial charge on any atom is 0.209 e. The first-order chi connectivity index (χ1) is 11.6. The Kier molecular flexibility index (Phi) is 4.26. The van der Waals surface area contributed by atoms with Crippen LogP contribution in [0.15, 0.2) is 52.9 Å². The molecule has 3 rings (SSSR count). The van der Waals surface area contributed by atoms with Crippen molar-refractivity contribution >= 4 is 5.88 Å². The van der Waals surface area contributed by atoms with Gasteiger partial charge in [0, 0.05) is 17.5 Å². The fourth-order valence-corrected chi connectivity index (χ4v) is 2.80. The highest BCUT2D eigenvalue weighted by Crippen LogP contribution is 2.35. The van der Waals surface area contributed by atoms with Crippen LogP contribution in [0.2, 0.25) is 0 Å². The standard InChI is InChI=1S/C20H18N2O2/c1-13-5-3-6-14(9-13)10-17-18(12-21)20(22)24-19(17)15-7-4-8-16(11-15)23-2/h3-9,11H,10,22H2,1-2H3. The number of hydrogen-bond donors (Lipinski definition) is 1. The lowest BCUT2D eigenvalue weighted by Gasteiger charge is -2.06. The van der Waals surface area contributed by atoms with Crippen molar-refractivity contribution < 1.29 is 9.15 Å². The SMILES string of the molecule is COc1cccc(-c2oc(N)c(C#N)c2Cc2cccc(C)c2)c1. The molecule has 0 atom stereocenters. The van der Waals surface area contributed by atoms with E-state index < -0.39 is 0 Å². The summed E-state index contributed by atoms with van der Waals surface area (Å²) in [5.74, 6) is 1.49. The summed E-state index contributed by atoms with van der Waals surface area (Å²) in [6.07, 6.45) is 0.581. The van der Waals surface area contributed by atoms with Crippen LogP contribution in [0.25, 0.3) is 11.3 Å². The summed E-state index contributed by atoms with van der Waals surface area (Å²) in [5.41, 5.74) is 10.2. The highest BCUT2D eigenvalue weighted by Gasteiger charge is 2.20. The molecule has 0 fully saturated rings. The van der Waals surface area contributed by atoms with Gasteiger partial charge in [-0.15, -0.1) is 0 Å². The van der Waals surface area contributed by atoms with Crippen LogP contribution in [0, 0.1) is 18.3 Å². The third-order valence-electron chi connectivity index (χ3n) is 3.94. The average molecular weight is 318 g/mol. The van der Waals surface area contributed by atoms with E-state index in [0.29, 0.717) is 17.7 Å². The Morgan fingerprint density at radius 1 is 1.17 bits per heavy atom. The highest BCUT2D eigenvalue weighted by atomic mass is 16.5. The van der Waals surface area contributed by atoms with Gasteiger partial charge in [0.2, 0.25) is 5.88 Å². The molecule has 0 amide bonds. The van der Waals surface area contributed by atoms with Gasteiger partial charge in [-0.1, -0.05) is 42.0 Å². The number of anilines is 1. The minimum absolute atomic E-state index is 0.151. The normalized spacial score (nSPS) is 10.4. The second-order valence-electron chi connectivity index (χ2n) is 5.66. The fraction of sp³-hybridized carbons (Fsp3) is 0.150. The molecule has 0 aliphatic heterocycles. The number of nitrogens with zero attached hydrogens (tertiary/aromatic N) is 1. The van der Waals surface area contributed by atoms with Crippen LogP contribution in [0.5, 0.6) is 5.75 Å². The quantitative estimate of drug-likeness (QED) is 0.778. The summed E-state index contributed by atoms with van der Waals surface area (Å²) in [5, 5.41) is 9.48. The molecule has 0 radical (unpaired) electrons. The van der Waals surface area contributed by atoms with E-state index in [-0.39, 0.29) is 5.88 Å². The van der Waals surface area contributed by atoms with Crippen LogP contribution in [-0.4, -0.2) is 7.11 Å². The number of furan rings is 1. The fourth-order valence-electron chi connectivity index (χ4n) is 2.80. The van der Waals surface area contributed by atoms with Crippen LogP contribution < -0.4 is 10.5 Å². The van der Waals surface area contributed by atoms with Gasteiger partial charge >= 0.3 is 0 Å². The van der Waals surface area contributed by atoms with Crippen molar-refractivity contribution in [3.05, 3.63) is 70.8 Å². The van der Waals surface area contributed by atoms with Crippen LogP contribution in [0.1, 0.15) is 22.3 Å². The Morgan fingerprint density at radius 3 is 2.67 bits per heavy atom. The van der Waals surface area contributed by atoms with Crippen molar-refractivity contribution in [3.63, 3.8) is 0 Å². The van der Waals surface area contributed by atoms with E-state index in [2.05, 4.69) is 12.1 Å². The van der Waals surface area contributed by atoms with Crippen molar-refractivity contribution in [1.29, 1.82) is 5.26 Å². The third kappa shape index (κ3) is 2.97. The van der Waals surface area contributed by atoms with Crippen LogP contribution in [-0.2, 0) is 6.42 Å². The molecule has 24 heavy (non-hydrogen) atoms. The molecule has 2 aromatic carbocycles. The van der Waals surface area contributed by atoms with E-state index in [4.69, 9.17) is 14.9 Å². The van der Waals surface area contributed by atoms with Crippen LogP contribution in [0.4, 0.5) is 5.88 Å². The summed E-state index contributed by atoms with van der Waals surface area (Å²) < 4.78 is 11.0. The zero-order valence-electron chi connectivity index (χ0n) is 13.7. The number of methoxy groups -OCH3 is 1. The Labute approximate surface area is 141 Å². The molecule has 1 aromatic heterocycles. The smallest absolute Gasteiger partial charge is 0.209 e. The lowest BCUT2D eigenvalue weighted by molar-refractivity contribution is 0.415. The molecule has 120 valence electrons. The molecule has 0 unspecified atom stereocenters. The first-order valence-corrected chi connectivity index (χ1v) is 7.63. The van der Waals surface area contributed by atoms with Gasteiger partial charge in [0.1, 0.15) is 23.1 Å². The predicted molar refractivity (Wildman–Crippen MR) is 93.8 cm³/mol. The number of nitrogens with two attached hydrogens (primary N) is 1. The van der Waals surface area contributed by atoms with Gasteiger partial charge in [0.25, 0.3) is 0 Å². The summed E-state index contributed by atoms with van der Waals surface area (Å²) in [7, 11) is 1.62. The summed E-state index contributed by atoms with van der Waals surface area (Å²) in [6.45, 7) is 2.04. The van der Waals surface area contributed by atoms with E-state index in [0.717, 1.165) is 22.4 Å². The molecule has 0 bridgehead atoms. The second-order valence-corrected chi connectivity index (χ2v) is 5.66. The number of aryl methyl sites for hydroxylation is 1. The molecule has 0 spiro atoms. The Morgan fingerprint density at radius 2 is 1.96 bits per heavy atom. The number of ether oxygens (including phenoxy) is 1. The van der Waals surface area contributed by atoms with Gasteiger partial charge in [0.05, 0.1) is 7.11 Å². The lowest BCUT2D eigenvalue weighted by atomic mass is 9.97. The number of nitriles is 1. The minimum atomic E-state index is 0.151. The zero-order chi connectivity index (χ0) is 17.1.